The van der Waals surface area contributed by atoms with Crippen LogP contribution >= 0.6 is 0 Å². The third kappa shape index (κ3) is 4.04. The van der Waals surface area contributed by atoms with E-state index in [1.54, 1.807) is 0 Å². The molecule has 21 heavy (non-hydrogen) atoms. The molecule has 1 aliphatic rings. The molecule has 0 aromatic heterocycles. The molecule has 1 aromatic rings. The normalized spacial score (nSPS) is 23.9. The molecule has 118 valence electrons. The highest BCUT2D eigenvalue weighted by molar-refractivity contribution is 5.53. The van der Waals surface area contributed by atoms with Crippen LogP contribution in [0.15, 0.2) is 24.3 Å². The lowest BCUT2D eigenvalue weighted by Crippen LogP contribution is -2.35. The van der Waals surface area contributed by atoms with E-state index in [1.165, 1.54) is 18.2 Å². The van der Waals surface area contributed by atoms with Crippen LogP contribution in [0.2, 0.25) is 0 Å². The number of nitrogens with one attached hydrogen (secondary N) is 1. The Bertz CT molecular complexity index is 479. The molecular formula is C14H15F6N. The van der Waals surface area contributed by atoms with E-state index in [2.05, 4.69) is 5.32 Å². The second kappa shape index (κ2) is 5.77. The van der Waals surface area contributed by atoms with Crippen molar-refractivity contribution in [2.24, 2.45) is 5.92 Å². The minimum absolute atomic E-state index is 0.0442. The van der Waals surface area contributed by atoms with Gasteiger partial charge >= 0.3 is 12.4 Å². The first-order valence-corrected chi connectivity index (χ1v) is 6.67. The molecule has 2 unspecified atom stereocenters. The summed E-state index contributed by atoms with van der Waals surface area (Å²) in [5.41, 5.74) is -1.00. The number of benzene rings is 1. The predicted octanol–water partition coefficient (Wildman–Crippen LogP) is 5.24. The number of para-hydroxylation sites is 1. The first kappa shape index (κ1) is 16.0. The van der Waals surface area contributed by atoms with Gasteiger partial charge in [-0.25, -0.2) is 0 Å². The van der Waals surface area contributed by atoms with Crippen molar-refractivity contribution in [1.29, 1.82) is 0 Å². The summed E-state index contributed by atoms with van der Waals surface area (Å²) in [4.78, 5) is 0. The molecule has 0 bridgehead atoms. The highest BCUT2D eigenvalue weighted by Gasteiger charge is 2.42. The molecule has 0 heterocycles. The van der Waals surface area contributed by atoms with Crippen LogP contribution < -0.4 is 5.32 Å². The second-order valence-corrected chi connectivity index (χ2v) is 5.29. The summed E-state index contributed by atoms with van der Waals surface area (Å²) in [6.07, 6.45) is -8.15. The van der Waals surface area contributed by atoms with E-state index in [0.29, 0.717) is 12.8 Å². The predicted molar refractivity (Wildman–Crippen MR) is 66.9 cm³/mol. The molecule has 1 nitrogen and oxygen atoms in total. The van der Waals surface area contributed by atoms with Gasteiger partial charge in [0.15, 0.2) is 0 Å². The Morgan fingerprint density at radius 2 is 1.62 bits per heavy atom. The van der Waals surface area contributed by atoms with Gasteiger partial charge in [0.25, 0.3) is 0 Å². The summed E-state index contributed by atoms with van der Waals surface area (Å²) >= 11 is 0. The molecule has 0 aliphatic heterocycles. The molecule has 1 aliphatic carbocycles. The average molecular weight is 311 g/mol. The summed E-state index contributed by atoms with van der Waals surface area (Å²) in [6.45, 7) is 0. The lowest BCUT2D eigenvalue weighted by atomic mass is 9.85. The Morgan fingerprint density at radius 3 is 2.24 bits per heavy atom. The summed E-state index contributed by atoms with van der Waals surface area (Å²) in [5, 5.41) is 2.64. The van der Waals surface area contributed by atoms with Crippen LogP contribution in [0.4, 0.5) is 32.0 Å². The van der Waals surface area contributed by atoms with Crippen molar-refractivity contribution >= 4 is 5.69 Å². The minimum Gasteiger partial charge on any atom is -0.382 e. The number of anilines is 1. The van der Waals surface area contributed by atoms with Gasteiger partial charge in [0, 0.05) is 11.7 Å². The molecule has 2 atom stereocenters. The molecule has 1 N–H and O–H groups in total. The van der Waals surface area contributed by atoms with E-state index < -0.39 is 29.9 Å². The van der Waals surface area contributed by atoms with Crippen LogP contribution in [0.5, 0.6) is 0 Å². The Balaban J connectivity index is 2.12. The van der Waals surface area contributed by atoms with Crippen LogP contribution in [0.3, 0.4) is 0 Å². The highest BCUT2D eigenvalue weighted by Crippen LogP contribution is 2.40. The van der Waals surface area contributed by atoms with Gasteiger partial charge in [0.1, 0.15) is 0 Å². The molecule has 2 rings (SSSR count). The Labute approximate surface area is 118 Å². The number of alkyl halides is 6. The zero-order chi connectivity index (χ0) is 15.7. The fraction of sp³-hybridized carbons (Fsp3) is 0.571. The average Bonchev–Trinajstić information content (AvgIpc) is 2.37. The van der Waals surface area contributed by atoms with E-state index in [9.17, 15) is 26.3 Å². The maximum absolute atomic E-state index is 12.8. The smallest absolute Gasteiger partial charge is 0.382 e. The van der Waals surface area contributed by atoms with Crippen LogP contribution in [0.1, 0.15) is 31.2 Å². The first-order valence-electron chi connectivity index (χ1n) is 6.67. The summed E-state index contributed by atoms with van der Waals surface area (Å²) in [7, 11) is 0. The molecule has 0 saturated heterocycles. The van der Waals surface area contributed by atoms with Gasteiger partial charge in [-0.2, -0.15) is 26.3 Å². The monoisotopic (exact) mass is 311 g/mol. The van der Waals surface area contributed by atoms with Gasteiger partial charge in [0.2, 0.25) is 0 Å². The minimum atomic E-state index is -4.53. The second-order valence-electron chi connectivity index (χ2n) is 5.29. The SMILES string of the molecule is FC(F)(F)c1ccccc1NC1CCCC(C(F)(F)F)C1. The molecule has 1 fully saturated rings. The van der Waals surface area contributed by atoms with Gasteiger partial charge in [0.05, 0.1) is 11.5 Å². The topological polar surface area (TPSA) is 12.0 Å². The summed E-state index contributed by atoms with van der Waals surface area (Å²) in [6, 6.07) is 4.27. The zero-order valence-electron chi connectivity index (χ0n) is 11.1. The maximum Gasteiger partial charge on any atom is 0.418 e. The van der Waals surface area contributed by atoms with Crippen LogP contribution in [-0.4, -0.2) is 12.2 Å². The van der Waals surface area contributed by atoms with Gasteiger partial charge in [-0.3, -0.25) is 0 Å². The number of hydrogen-bond acceptors (Lipinski definition) is 1. The van der Waals surface area contributed by atoms with Gasteiger partial charge in [-0.05, 0) is 31.4 Å². The third-order valence-electron chi connectivity index (χ3n) is 3.73. The van der Waals surface area contributed by atoms with Crippen molar-refractivity contribution in [2.45, 2.75) is 44.1 Å². The first-order chi connectivity index (χ1) is 9.68. The van der Waals surface area contributed by atoms with Crippen molar-refractivity contribution in [3.63, 3.8) is 0 Å². The molecule has 0 spiro atoms. The van der Waals surface area contributed by atoms with Gasteiger partial charge in [-0.1, -0.05) is 18.6 Å². The standard InChI is InChI=1S/C14H15F6N/c15-13(16,17)9-4-3-5-10(8-9)21-12-7-2-1-6-11(12)14(18,19)20/h1-2,6-7,9-10,21H,3-5,8H2. The zero-order valence-corrected chi connectivity index (χ0v) is 11.1. The Hall–Kier alpha value is -1.40. The number of rotatable bonds is 2. The van der Waals surface area contributed by atoms with Gasteiger partial charge in [-0.15, -0.1) is 0 Å². The fourth-order valence-electron chi connectivity index (χ4n) is 2.69. The molecule has 0 radical (unpaired) electrons. The number of hydrogen-bond donors (Lipinski definition) is 1. The fourth-order valence-corrected chi connectivity index (χ4v) is 2.69. The van der Waals surface area contributed by atoms with E-state index in [1.807, 2.05) is 0 Å². The van der Waals surface area contributed by atoms with Crippen molar-refractivity contribution in [3.8, 4) is 0 Å². The van der Waals surface area contributed by atoms with Crippen LogP contribution in [0.25, 0.3) is 0 Å². The van der Waals surface area contributed by atoms with E-state index in [4.69, 9.17) is 0 Å². The van der Waals surface area contributed by atoms with Crippen molar-refractivity contribution in [2.75, 3.05) is 5.32 Å². The molecule has 0 amide bonds. The third-order valence-corrected chi connectivity index (χ3v) is 3.73. The van der Waals surface area contributed by atoms with E-state index in [0.717, 1.165) is 6.07 Å². The van der Waals surface area contributed by atoms with Crippen LogP contribution in [-0.2, 0) is 6.18 Å². The number of halogens is 6. The Morgan fingerprint density at radius 1 is 0.952 bits per heavy atom. The highest BCUT2D eigenvalue weighted by atomic mass is 19.4. The lowest BCUT2D eigenvalue weighted by molar-refractivity contribution is -0.182. The van der Waals surface area contributed by atoms with Crippen molar-refractivity contribution in [1.82, 2.24) is 0 Å². The summed E-state index contributed by atoms with van der Waals surface area (Å²) in [5.74, 6) is -1.44. The molecule has 1 saturated carbocycles. The van der Waals surface area contributed by atoms with Crippen LogP contribution in [0, 0.1) is 5.92 Å². The van der Waals surface area contributed by atoms with Gasteiger partial charge < -0.3 is 5.32 Å². The Kier molecular flexibility index (Phi) is 4.39. The van der Waals surface area contributed by atoms with E-state index >= 15 is 0 Å². The maximum atomic E-state index is 12.8. The summed E-state index contributed by atoms with van der Waals surface area (Å²) < 4.78 is 76.7. The van der Waals surface area contributed by atoms with Crippen molar-refractivity contribution in [3.05, 3.63) is 29.8 Å². The molecule has 7 heteroatoms. The quantitative estimate of drug-likeness (QED) is 0.737. The molecular weight excluding hydrogens is 296 g/mol. The largest absolute Gasteiger partial charge is 0.418 e. The van der Waals surface area contributed by atoms with E-state index in [-0.39, 0.29) is 18.5 Å². The van der Waals surface area contributed by atoms with Crippen molar-refractivity contribution < 1.29 is 26.3 Å². The lowest BCUT2D eigenvalue weighted by Gasteiger charge is -2.32. The molecule has 1 aromatic carbocycles.